The number of thiazole rings is 1. The predicted octanol–water partition coefficient (Wildman–Crippen LogP) is 1.89. The molecular formula is C13H14N2O5S. The fourth-order valence-corrected chi connectivity index (χ4v) is 2.95. The molecule has 8 heteroatoms. The van der Waals surface area contributed by atoms with E-state index in [9.17, 15) is 14.7 Å². The van der Waals surface area contributed by atoms with Gasteiger partial charge in [-0.2, -0.15) is 0 Å². The van der Waals surface area contributed by atoms with E-state index in [0.717, 1.165) is 11.3 Å². The minimum atomic E-state index is -1.05. The number of nitrogens with two attached hydrogens (primary N) is 1. The Morgan fingerprint density at radius 2 is 2.19 bits per heavy atom. The zero-order chi connectivity index (χ0) is 15.7. The van der Waals surface area contributed by atoms with Crippen LogP contribution in [-0.2, 0) is 4.79 Å². The molecule has 1 heterocycles. The van der Waals surface area contributed by atoms with Crippen molar-refractivity contribution in [3.63, 3.8) is 0 Å². The van der Waals surface area contributed by atoms with Crippen molar-refractivity contribution < 1.29 is 24.5 Å². The molecule has 1 atom stereocenters. The highest BCUT2D eigenvalue weighted by molar-refractivity contribution is 7.20. The number of methoxy groups -OCH3 is 1. The van der Waals surface area contributed by atoms with Gasteiger partial charge in [-0.1, -0.05) is 6.92 Å². The van der Waals surface area contributed by atoms with Gasteiger partial charge in [-0.25, -0.2) is 4.98 Å². The number of rotatable bonds is 5. The summed E-state index contributed by atoms with van der Waals surface area (Å²) in [6.07, 6.45) is -0.265. The molecule has 7 nitrogen and oxygen atoms in total. The van der Waals surface area contributed by atoms with Crippen molar-refractivity contribution in [2.24, 2.45) is 5.92 Å². The number of aromatic nitrogens is 1. The largest absolute Gasteiger partial charge is 0.503 e. The van der Waals surface area contributed by atoms with Gasteiger partial charge in [0.05, 0.1) is 18.2 Å². The summed E-state index contributed by atoms with van der Waals surface area (Å²) in [6, 6.07) is 1.54. The van der Waals surface area contributed by atoms with Crippen LogP contribution in [0.3, 0.4) is 0 Å². The summed E-state index contributed by atoms with van der Waals surface area (Å²) in [4.78, 5) is 26.9. The van der Waals surface area contributed by atoms with Gasteiger partial charge < -0.3 is 20.7 Å². The third-order valence-electron chi connectivity index (χ3n) is 3.02. The zero-order valence-electron chi connectivity index (χ0n) is 11.4. The first kappa shape index (κ1) is 15.0. The maximum absolute atomic E-state index is 12.2. The fourth-order valence-electron chi connectivity index (χ4n) is 1.88. The number of nitrogens with zero attached hydrogens (tertiary/aromatic N) is 1. The number of carbonyl (C=O) groups is 2. The zero-order valence-corrected chi connectivity index (χ0v) is 12.2. The molecule has 0 spiro atoms. The minimum Gasteiger partial charge on any atom is -0.503 e. The number of ether oxygens (including phenoxy) is 1. The quantitative estimate of drug-likeness (QED) is 0.437. The standard InChI is InChI=1S/C13H14N2O5S/c1-5(3-8(16)17)11(18)13-15-10-7(21-13)4-6(20-2)12(19)9(10)14/h4-5,19H,3,14H2,1-2H3,(H,16,17). The van der Waals surface area contributed by atoms with Crippen molar-refractivity contribution in [2.75, 3.05) is 12.8 Å². The van der Waals surface area contributed by atoms with Crippen LogP contribution in [-0.4, -0.2) is 34.1 Å². The molecule has 0 saturated heterocycles. The second-order valence-corrected chi connectivity index (χ2v) is 5.60. The first-order valence-electron chi connectivity index (χ1n) is 6.07. The molecule has 1 aromatic carbocycles. The van der Waals surface area contributed by atoms with E-state index in [0.29, 0.717) is 10.2 Å². The molecule has 0 amide bonds. The SMILES string of the molecule is COc1cc2sc(C(=O)C(C)CC(=O)O)nc2c(N)c1O. The Morgan fingerprint density at radius 1 is 1.52 bits per heavy atom. The van der Waals surface area contributed by atoms with Crippen LogP contribution in [0.15, 0.2) is 6.07 Å². The Morgan fingerprint density at radius 3 is 2.76 bits per heavy atom. The smallest absolute Gasteiger partial charge is 0.304 e. The van der Waals surface area contributed by atoms with Crippen molar-refractivity contribution in [1.82, 2.24) is 4.98 Å². The Balaban J connectivity index is 2.46. The van der Waals surface area contributed by atoms with Gasteiger partial charge in [-0.3, -0.25) is 9.59 Å². The average molecular weight is 310 g/mol. The van der Waals surface area contributed by atoms with Gasteiger partial charge in [0.25, 0.3) is 0 Å². The van der Waals surface area contributed by atoms with Gasteiger partial charge in [0, 0.05) is 12.0 Å². The van der Waals surface area contributed by atoms with Crippen LogP contribution >= 0.6 is 11.3 Å². The number of Topliss-reactive ketones (excluding diaryl/α,β-unsaturated/α-hetero) is 1. The molecule has 0 fully saturated rings. The van der Waals surface area contributed by atoms with Crippen molar-refractivity contribution in [3.05, 3.63) is 11.1 Å². The van der Waals surface area contributed by atoms with E-state index in [1.54, 1.807) is 0 Å². The van der Waals surface area contributed by atoms with Gasteiger partial charge in [0.15, 0.2) is 22.3 Å². The lowest BCUT2D eigenvalue weighted by atomic mass is 10.0. The molecule has 112 valence electrons. The number of hydrogen-bond acceptors (Lipinski definition) is 7. The summed E-state index contributed by atoms with van der Waals surface area (Å²) in [7, 11) is 1.39. The summed E-state index contributed by atoms with van der Waals surface area (Å²) in [6.45, 7) is 1.53. The lowest BCUT2D eigenvalue weighted by molar-refractivity contribution is -0.137. The number of carboxylic acid groups (broad SMARTS) is 1. The van der Waals surface area contributed by atoms with Crippen molar-refractivity contribution >= 4 is 39.0 Å². The molecule has 21 heavy (non-hydrogen) atoms. The second kappa shape index (κ2) is 5.57. The maximum Gasteiger partial charge on any atom is 0.304 e. The number of aliphatic carboxylic acids is 1. The summed E-state index contributed by atoms with van der Waals surface area (Å²) in [5.41, 5.74) is 6.12. The number of aromatic hydroxyl groups is 1. The molecule has 2 rings (SSSR count). The van der Waals surface area contributed by atoms with Gasteiger partial charge in [-0.05, 0) is 0 Å². The summed E-state index contributed by atoms with van der Waals surface area (Å²) in [5, 5.41) is 18.7. The van der Waals surface area contributed by atoms with E-state index < -0.39 is 11.9 Å². The van der Waals surface area contributed by atoms with E-state index >= 15 is 0 Å². The van der Waals surface area contributed by atoms with Gasteiger partial charge in [-0.15, -0.1) is 11.3 Å². The van der Waals surface area contributed by atoms with E-state index in [2.05, 4.69) is 4.98 Å². The highest BCUT2D eigenvalue weighted by Crippen LogP contribution is 2.40. The molecule has 0 saturated carbocycles. The molecule has 0 aliphatic heterocycles. The van der Waals surface area contributed by atoms with E-state index in [1.165, 1.54) is 20.1 Å². The van der Waals surface area contributed by atoms with Crippen molar-refractivity contribution in [3.8, 4) is 11.5 Å². The number of anilines is 1. The number of carboxylic acids is 1. The third kappa shape index (κ3) is 2.75. The fraction of sp³-hybridized carbons (Fsp3) is 0.308. The Bertz CT molecular complexity index is 725. The molecule has 1 aromatic heterocycles. The summed E-state index contributed by atoms with van der Waals surface area (Å²) in [5.74, 6) is -2.12. The number of carbonyl (C=O) groups excluding carboxylic acids is 1. The monoisotopic (exact) mass is 310 g/mol. The van der Waals surface area contributed by atoms with Gasteiger partial charge in [0.2, 0.25) is 0 Å². The van der Waals surface area contributed by atoms with Crippen molar-refractivity contribution in [1.29, 1.82) is 0 Å². The first-order valence-corrected chi connectivity index (χ1v) is 6.88. The van der Waals surface area contributed by atoms with Crippen LogP contribution in [0.4, 0.5) is 5.69 Å². The number of hydrogen-bond donors (Lipinski definition) is 3. The van der Waals surface area contributed by atoms with Crippen LogP contribution in [0.1, 0.15) is 23.1 Å². The van der Waals surface area contributed by atoms with Crippen LogP contribution < -0.4 is 10.5 Å². The van der Waals surface area contributed by atoms with Crippen LogP contribution in [0.5, 0.6) is 11.5 Å². The van der Waals surface area contributed by atoms with Crippen molar-refractivity contribution in [2.45, 2.75) is 13.3 Å². The molecule has 1 unspecified atom stereocenters. The highest BCUT2D eigenvalue weighted by Gasteiger charge is 2.23. The average Bonchev–Trinajstić information content (AvgIpc) is 2.85. The number of benzene rings is 1. The van der Waals surface area contributed by atoms with Crippen LogP contribution in [0.2, 0.25) is 0 Å². The minimum absolute atomic E-state index is 0.0329. The summed E-state index contributed by atoms with van der Waals surface area (Å²) < 4.78 is 5.58. The Labute approximate surface area is 124 Å². The Hall–Kier alpha value is -2.35. The molecular weight excluding hydrogens is 296 g/mol. The van der Waals surface area contributed by atoms with Crippen LogP contribution in [0.25, 0.3) is 10.2 Å². The van der Waals surface area contributed by atoms with E-state index in [-0.39, 0.29) is 34.4 Å². The van der Waals surface area contributed by atoms with Gasteiger partial charge >= 0.3 is 5.97 Å². The highest BCUT2D eigenvalue weighted by atomic mass is 32.1. The van der Waals surface area contributed by atoms with E-state index in [1.807, 2.05) is 0 Å². The predicted molar refractivity (Wildman–Crippen MR) is 78.0 cm³/mol. The third-order valence-corrected chi connectivity index (χ3v) is 4.04. The molecule has 2 aromatic rings. The molecule has 0 aliphatic rings. The molecule has 4 N–H and O–H groups in total. The first-order chi connectivity index (χ1) is 9.85. The second-order valence-electron chi connectivity index (χ2n) is 4.57. The Kier molecular flexibility index (Phi) is 3.99. The van der Waals surface area contributed by atoms with E-state index in [4.69, 9.17) is 15.6 Å². The number of phenolic OH excluding ortho intramolecular Hbond substituents is 1. The number of ketones is 1. The van der Waals surface area contributed by atoms with Crippen LogP contribution in [0, 0.1) is 5.92 Å². The maximum atomic E-state index is 12.2. The number of nitrogen functional groups attached to an aromatic ring is 1. The number of phenols is 1. The molecule has 0 aliphatic carbocycles. The number of fused-ring (bicyclic) bond motifs is 1. The summed E-state index contributed by atoms with van der Waals surface area (Å²) >= 11 is 1.09. The topological polar surface area (TPSA) is 123 Å². The lowest BCUT2D eigenvalue weighted by Gasteiger charge is -2.05. The van der Waals surface area contributed by atoms with Gasteiger partial charge in [0.1, 0.15) is 11.2 Å². The lowest BCUT2D eigenvalue weighted by Crippen LogP contribution is -2.15. The molecule has 0 radical (unpaired) electrons. The molecule has 0 bridgehead atoms. The normalized spacial score (nSPS) is 12.3.